The molecule has 0 atom stereocenters. The molecule has 1 aromatic carbocycles. The second kappa shape index (κ2) is 5.53. The standard InChI is InChI=1S/C13H16N2O3/c16-12(17)9-15(8-10-6-7-10)13(18)14-11-4-2-1-3-5-11/h1-5,10H,6-9H2,(H,14,18)(H,16,17). The van der Waals surface area contributed by atoms with Crippen molar-refractivity contribution in [1.82, 2.24) is 4.90 Å². The molecule has 18 heavy (non-hydrogen) atoms. The maximum Gasteiger partial charge on any atom is 0.323 e. The molecule has 0 aliphatic heterocycles. The minimum atomic E-state index is -0.987. The van der Waals surface area contributed by atoms with E-state index in [1.165, 1.54) is 4.90 Å². The Kier molecular flexibility index (Phi) is 3.82. The fourth-order valence-electron chi connectivity index (χ4n) is 1.72. The number of para-hydroxylation sites is 1. The molecule has 2 N–H and O–H groups in total. The molecule has 1 aliphatic carbocycles. The molecule has 1 aliphatic rings. The van der Waals surface area contributed by atoms with E-state index in [9.17, 15) is 9.59 Å². The van der Waals surface area contributed by atoms with Gasteiger partial charge in [-0.1, -0.05) is 18.2 Å². The number of urea groups is 1. The summed E-state index contributed by atoms with van der Waals surface area (Å²) in [6.45, 7) is 0.264. The zero-order valence-corrected chi connectivity index (χ0v) is 10.0. The Balaban J connectivity index is 1.95. The van der Waals surface area contributed by atoms with Crippen LogP contribution >= 0.6 is 0 Å². The first-order valence-corrected chi connectivity index (χ1v) is 5.98. The number of carbonyl (C=O) groups is 2. The second-order valence-corrected chi connectivity index (χ2v) is 4.51. The van der Waals surface area contributed by atoms with Gasteiger partial charge < -0.3 is 15.3 Å². The lowest BCUT2D eigenvalue weighted by atomic mass is 10.3. The third-order valence-electron chi connectivity index (χ3n) is 2.81. The van der Waals surface area contributed by atoms with Gasteiger partial charge in [-0.05, 0) is 30.9 Å². The van der Waals surface area contributed by atoms with Crippen molar-refractivity contribution in [1.29, 1.82) is 0 Å². The summed E-state index contributed by atoms with van der Waals surface area (Å²) in [6, 6.07) is 8.68. The van der Waals surface area contributed by atoms with E-state index in [1.54, 1.807) is 12.1 Å². The monoisotopic (exact) mass is 248 g/mol. The number of nitrogens with one attached hydrogen (secondary N) is 1. The molecular formula is C13H16N2O3. The number of carboxylic acids is 1. The van der Waals surface area contributed by atoms with Crippen molar-refractivity contribution in [3.8, 4) is 0 Å². The summed E-state index contributed by atoms with van der Waals surface area (Å²) in [7, 11) is 0. The second-order valence-electron chi connectivity index (χ2n) is 4.51. The molecule has 0 heterocycles. The summed E-state index contributed by atoms with van der Waals surface area (Å²) in [4.78, 5) is 24.1. The van der Waals surface area contributed by atoms with Crippen molar-refractivity contribution in [2.24, 2.45) is 5.92 Å². The lowest BCUT2D eigenvalue weighted by molar-refractivity contribution is -0.137. The van der Waals surface area contributed by atoms with Gasteiger partial charge in [-0.3, -0.25) is 4.79 Å². The van der Waals surface area contributed by atoms with E-state index in [1.807, 2.05) is 18.2 Å². The summed E-state index contributed by atoms with van der Waals surface area (Å²) in [5.74, 6) is -0.523. The van der Waals surface area contributed by atoms with Crippen molar-refractivity contribution in [2.75, 3.05) is 18.4 Å². The van der Waals surface area contributed by atoms with E-state index < -0.39 is 5.97 Å². The predicted molar refractivity (Wildman–Crippen MR) is 67.4 cm³/mol. The van der Waals surface area contributed by atoms with Crippen LogP contribution in [-0.2, 0) is 4.79 Å². The highest BCUT2D eigenvalue weighted by atomic mass is 16.4. The van der Waals surface area contributed by atoms with Crippen molar-refractivity contribution in [2.45, 2.75) is 12.8 Å². The fraction of sp³-hybridized carbons (Fsp3) is 0.385. The molecule has 5 nitrogen and oxygen atoms in total. The van der Waals surface area contributed by atoms with Crippen LogP contribution in [0.1, 0.15) is 12.8 Å². The number of carboxylic acid groups (broad SMARTS) is 1. The first-order chi connectivity index (χ1) is 8.65. The maximum absolute atomic E-state index is 12.0. The van der Waals surface area contributed by atoms with Gasteiger partial charge in [-0.2, -0.15) is 0 Å². The van der Waals surface area contributed by atoms with Crippen LogP contribution in [0.3, 0.4) is 0 Å². The van der Waals surface area contributed by atoms with Gasteiger partial charge in [-0.15, -0.1) is 0 Å². The third-order valence-corrected chi connectivity index (χ3v) is 2.81. The molecule has 5 heteroatoms. The molecule has 0 radical (unpaired) electrons. The highest BCUT2D eigenvalue weighted by Crippen LogP contribution is 2.29. The summed E-state index contributed by atoms with van der Waals surface area (Å²) in [6.07, 6.45) is 2.16. The first-order valence-electron chi connectivity index (χ1n) is 5.98. The number of anilines is 1. The number of rotatable bonds is 5. The van der Waals surface area contributed by atoms with Crippen molar-refractivity contribution in [3.05, 3.63) is 30.3 Å². The topological polar surface area (TPSA) is 69.6 Å². The molecule has 2 amide bonds. The van der Waals surface area contributed by atoms with Crippen LogP contribution < -0.4 is 5.32 Å². The summed E-state index contributed by atoms with van der Waals surface area (Å²) < 4.78 is 0. The van der Waals surface area contributed by atoms with Gasteiger partial charge in [0.2, 0.25) is 0 Å². The average Bonchev–Trinajstić information content (AvgIpc) is 3.13. The Morgan fingerprint density at radius 1 is 1.28 bits per heavy atom. The number of hydrogen-bond acceptors (Lipinski definition) is 2. The molecule has 2 rings (SSSR count). The molecule has 96 valence electrons. The average molecular weight is 248 g/mol. The number of amides is 2. The Bertz CT molecular complexity index is 429. The summed E-state index contributed by atoms with van der Waals surface area (Å²) >= 11 is 0. The molecule has 0 unspecified atom stereocenters. The van der Waals surface area contributed by atoms with Gasteiger partial charge >= 0.3 is 12.0 Å². The minimum absolute atomic E-state index is 0.255. The molecule has 0 saturated heterocycles. The largest absolute Gasteiger partial charge is 0.480 e. The van der Waals surface area contributed by atoms with Crippen LogP contribution in [0.2, 0.25) is 0 Å². The first kappa shape index (κ1) is 12.4. The van der Waals surface area contributed by atoms with Gasteiger partial charge in [0.1, 0.15) is 6.54 Å². The van der Waals surface area contributed by atoms with Gasteiger partial charge in [0.25, 0.3) is 0 Å². The van der Waals surface area contributed by atoms with Crippen molar-refractivity contribution < 1.29 is 14.7 Å². The Morgan fingerprint density at radius 2 is 1.94 bits per heavy atom. The minimum Gasteiger partial charge on any atom is -0.480 e. The molecule has 1 fully saturated rings. The Hall–Kier alpha value is -2.04. The molecule has 0 spiro atoms. The van der Waals surface area contributed by atoms with Crippen LogP contribution in [0.4, 0.5) is 10.5 Å². The van der Waals surface area contributed by atoms with Crippen LogP contribution in [0, 0.1) is 5.92 Å². The highest BCUT2D eigenvalue weighted by Gasteiger charge is 2.27. The van der Waals surface area contributed by atoms with Crippen LogP contribution in [-0.4, -0.2) is 35.1 Å². The van der Waals surface area contributed by atoms with E-state index in [0.29, 0.717) is 18.2 Å². The van der Waals surface area contributed by atoms with E-state index in [0.717, 1.165) is 12.8 Å². The Labute approximate surface area is 105 Å². The molecule has 0 bridgehead atoms. The van der Waals surface area contributed by atoms with Gasteiger partial charge in [0.05, 0.1) is 0 Å². The number of aliphatic carboxylic acids is 1. The zero-order valence-electron chi connectivity index (χ0n) is 10.0. The van der Waals surface area contributed by atoms with Crippen molar-refractivity contribution >= 4 is 17.7 Å². The maximum atomic E-state index is 12.0. The number of carbonyl (C=O) groups excluding carboxylic acids is 1. The molecule has 1 saturated carbocycles. The summed E-state index contributed by atoms with van der Waals surface area (Å²) in [5.41, 5.74) is 0.675. The number of hydrogen-bond donors (Lipinski definition) is 2. The van der Waals surface area contributed by atoms with Gasteiger partial charge in [0, 0.05) is 12.2 Å². The van der Waals surface area contributed by atoms with Crippen LogP contribution in [0.25, 0.3) is 0 Å². The Morgan fingerprint density at radius 3 is 2.50 bits per heavy atom. The van der Waals surface area contributed by atoms with Crippen LogP contribution in [0.15, 0.2) is 30.3 Å². The van der Waals surface area contributed by atoms with E-state index in [4.69, 9.17) is 5.11 Å². The quantitative estimate of drug-likeness (QED) is 0.837. The van der Waals surface area contributed by atoms with E-state index in [2.05, 4.69) is 5.32 Å². The van der Waals surface area contributed by atoms with Crippen molar-refractivity contribution in [3.63, 3.8) is 0 Å². The predicted octanol–water partition coefficient (Wildman–Crippen LogP) is 2.02. The van der Waals surface area contributed by atoms with E-state index in [-0.39, 0.29) is 12.6 Å². The van der Waals surface area contributed by atoms with Gasteiger partial charge in [-0.25, -0.2) is 4.79 Å². The SMILES string of the molecule is O=C(O)CN(CC1CC1)C(=O)Nc1ccccc1. The summed E-state index contributed by atoms with van der Waals surface area (Å²) in [5, 5.41) is 11.5. The van der Waals surface area contributed by atoms with Crippen LogP contribution in [0.5, 0.6) is 0 Å². The molecular weight excluding hydrogens is 232 g/mol. The number of nitrogens with zero attached hydrogens (tertiary/aromatic N) is 1. The molecule has 0 aromatic heterocycles. The third kappa shape index (κ3) is 3.76. The van der Waals surface area contributed by atoms with E-state index >= 15 is 0 Å². The number of benzene rings is 1. The normalized spacial score (nSPS) is 14.0. The smallest absolute Gasteiger partial charge is 0.323 e. The molecule has 1 aromatic rings. The van der Waals surface area contributed by atoms with Gasteiger partial charge in [0.15, 0.2) is 0 Å². The lowest BCUT2D eigenvalue weighted by Crippen LogP contribution is -2.40. The highest BCUT2D eigenvalue weighted by molar-refractivity contribution is 5.91. The fourth-order valence-corrected chi connectivity index (χ4v) is 1.72. The zero-order chi connectivity index (χ0) is 13.0. The lowest BCUT2D eigenvalue weighted by Gasteiger charge is -2.21.